The van der Waals surface area contributed by atoms with Gasteiger partial charge in [0.25, 0.3) is 0 Å². The van der Waals surface area contributed by atoms with Gasteiger partial charge in [-0.2, -0.15) is 0 Å². The first-order chi connectivity index (χ1) is 10.8. The highest BCUT2D eigenvalue weighted by Gasteiger charge is 2.27. The Labute approximate surface area is 136 Å². The van der Waals surface area contributed by atoms with Gasteiger partial charge in [0.05, 0.1) is 12.8 Å². The van der Waals surface area contributed by atoms with E-state index in [1.807, 2.05) is 20.8 Å². The molecule has 6 heteroatoms. The van der Waals surface area contributed by atoms with Crippen LogP contribution in [-0.2, 0) is 4.74 Å². The lowest BCUT2D eigenvalue weighted by atomic mass is 10.1. The van der Waals surface area contributed by atoms with Gasteiger partial charge in [-0.15, -0.1) is 0 Å². The molecule has 2 rings (SSSR count). The van der Waals surface area contributed by atoms with E-state index in [0.29, 0.717) is 24.5 Å². The van der Waals surface area contributed by atoms with Gasteiger partial charge in [-0.3, -0.25) is 0 Å². The lowest BCUT2D eigenvalue weighted by Crippen LogP contribution is -2.47. The normalized spacial score (nSPS) is 18.5. The molecular weight excluding hydrogens is 299 g/mol. The molecule has 0 spiro atoms. The van der Waals surface area contributed by atoms with Gasteiger partial charge in [0.2, 0.25) is 0 Å². The third-order valence-corrected chi connectivity index (χ3v) is 3.61. The first kappa shape index (κ1) is 17.4. The van der Waals surface area contributed by atoms with Crippen LogP contribution in [0.3, 0.4) is 0 Å². The first-order valence-electron chi connectivity index (χ1n) is 7.86. The number of benzene rings is 1. The quantitative estimate of drug-likeness (QED) is 0.922. The Bertz CT molecular complexity index is 557. The van der Waals surface area contributed by atoms with E-state index < -0.39 is 5.60 Å². The number of likely N-dealkylation sites (tertiary alicyclic amines) is 1. The van der Waals surface area contributed by atoms with Crippen LogP contribution in [0.5, 0.6) is 5.75 Å². The monoisotopic (exact) mass is 324 g/mol. The molecule has 1 saturated heterocycles. The van der Waals surface area contributed by atoms with Gasteiger partial charge in [-0.1, -0.05) is 0 Å². The van der Waals surface area contributed by atoms with Crippen molar-refractivity contribution in [3.63, 3.8) is 0 Å². The van der Waals surface area contributed by atoms with Gasteiger partial charge in [0.15, 0.2) is 0 Å². The van der Waals surface area contributed by atoms with Gasteiger partial charge in [-0.25, -0.2) is 9.18 Å². The van der Waals surface area contributed by atoms with Gasteiger partial charge >= 0.3 is 6.09 Å². The fourth-order valence-corrected chi connectivity index (χ4v) is 2.55. The number of nitrogens with one attached hydrogen (secondary N) is 1. The summed E-state index contributed by atoms with van der Waals surface area (Å²) in [5.74, 6) is 0.258. The van der Waals surface area contributed by atoms with Crippen LogP contribution in [0.1, 0.15) is 33.6 Å². The lowest BCUT2D eigenvalue weighted by molar-refractivity contribution is 0.0206. The highest BCUT2D eigenvalue weighted by Crippen LogP contribution is 2.24. The molecule has 0 saturated carbocycles. The Hall–Kier alpha value is -1.98. The minimum atomic E-state index is -0.517. The number of hydrogen-bond donors (Lipinski definition) is 1. The molecule has 1 aliphatic heterocycles. The van der Waals surface area contributed by atoms with Crippen LogP contribution >= 0.6 is 0 Å². The Morgan fingerprint density at radius 3 is 2.78 bits per heavy atom. The Morgan fingerprint density at radius 1 is 1.39 bits per heavy atom. The number of carbonyl (C=O) groups is 1. The summed E-state index contributed by atoms with van der Waals surface area (Å²) in [6, 6.07) is 4.56. The number of anilines is 1. The zero-order chi connectivity index (χ0) is 17.0. The van der Waals surface area contributed by atoms with Gasteiger partial charge in [0, 0.05) is 25.2 Å². The molecule has 1 unspecified atom stereocenters. The zero-order valence-electron chi connectivity index (χ0n) is 14.2. The van der Waals surface area contributed by atoms with Crippen molar-refractivity contribution in [2.75, 3.05) is 25.5 Å². The maximum absolute atomic E-state index is 13.9. The van der Waals surface area contributed by atoms with E-state index in [1.54, 1.807) is 24.1 Å². The fourth-order valence-electron chi connectivity index (χ4n) is 2.55. The van der Waals surface area contributed by atoms with Crippen LogP contribution in [0, 0.1) is 5.82 Å². The zero-order valence-corrected chi connectivity index (χ0v) is 14.2. The topological polar surface area (TPSA) is 50.8 Å². The molecular formula is C17H25FN2O3. The van der Waals surface area contributed by atoms with Crippen molar-refractivity contribution >= 4 is 11.8 Å². The minimum Gasteiger partial charge on any atom is -0.497 e. The molecule has 1 heterocycles. The fraction of sp³-hybridized carbons (Fsp3) is 0.588. The number of rotatable bonds is 3. The van der Waals surface area contributed by atoms with Crippen LogP contribution in [0.4, 0.5) is 14.9 Å². The number of halogens is 1. The number of nitrogens with zero attached hydrogens (tertiary/aromatic N) is 1. The molecule has 1 aliphatic rings. The Kier molecular flexibility index (Phi) is 5.34. The van der Waals surface area contributed by atoms with Crippen molar-refractivity contribution in [3.8, 4) is 5.75 Å². The van der Waals surface area contributed by atoms with E-state index in [0.717, 1.165) is 12.8 Å². The van der Waals surface area contributed by atoms with E-state index in [-0.39, 0.29) is 18.0 Å². The Balaban J connectivity index is 2.00. The van der Waals surface area contributed by atoms with Crippen LogP contribution in [0.25, 0.3) is 0 Å². The van der Waals surface area contributed by atoms with Crippen LogP contribution < -0.4 is 10.1 Å². The number of hydrogen-bond acceptors (Lipinski definition) is 4. The third kappa shape index (κ3) is 5.01. The molecule has 1 atom stereocenters. The van der Waals surface area contributed by atoms with E-state index in [4.69, 9.17) is 9.47 Å². The summed E-state index contributed by atoms with van der Waals surface area (Å²) in [7, 11) is 1.54. The van der Waals surface area contributed by atoms with Gasteiger partial charge < -0.3 is 19.7 Å². The molecule has 128 valence electrons. The van der Waals surface area contributed by atoms with Crippen LogP contribution in [0.15, 0.2) is 18.2 Å². The average molecular weight is 324 g/mol. The standard InChI is InChI=1S/C17H25FN2O3/c1-17(2,3)23-16(21)20-9-5-6-12(11-20)19-15-10-13(22-4)7-8-14(15)18/h7-8,10,12,19H,5-6,9,11H2,1-4H3. The second-order valence-electron chi connectivity index (χ2n) is 6.76. The van der Waals surface area contributed by atoms with E-state index in [2.05, 4.69) is 5.32 Å². The molecule has 0 radical (unpaired) electrons. The summed E-state index contributed by atoms with van der Waals surface area (Å²) in [6.07, 6.45) is 1.40. The predicted octanol–water partition coefficient (Wildman–Crippen LogP) is 3.65. The van der Waals surface area contributed by atoms with Crippen molar-refractivity contribution in [3.05, 3.63) is 24.0 Å². The minimum absolute atomic E-state index is 0.0159. The molecule has 1 aromatic rings. The van der Waals surface area contributed by atoms with E-state index in [1.165, 1.54) is 6.07 Å². The smallest absolute Gasteiger partial charge is 0.410 e. The summed E-state index contributed by atoms with van der Waals surface area (Å²) in [5.41, 5.74) is -0.128. The SMILES string of the molecule is COc1ccc(F)c(NC2CCCN(C(=O)OC(C)(C)C)C2)c1. The molecule has 1 N–H and O–H groups in total. The predicted molar refractivity (Wildman–Crippen MR) is 87.4 cm³/mol. The van der Waals surface area contributed by atoms with Crippen molar-refractivity contribution in [2.24, 2.45) is 0 Å². The van der Waals surface area contributed by atoms with Gasteiger partial charge in [0.1, 0.15) is 17.2 Å². The number of carbonyl (C=O) groups excluding carboxylic acids is 1. The Morgan fingerprint density at radius 2 is 2.13 bits per heavy atom. The summed E-state index contributed by atoms with van der Waals surface area (Å²) in [6.45, 7) is 6.68. The number of methoxy groups -OCH3 is 1. The van der Waals surface area contributed by atoms with Crippen molar-refractivity contribution in [2.45, 2.75) is 45.3 Å². The average Bonchev–Trinajstić information content (AvgIpc) is 2.48. The second-order valence-corrected chi connectivity index (χ2v) is 6.76. The number of ether oxygens (including phenoxy) is 2. The first-order valence-corrected chi connectivity index (χ1v) is 7.86. The summed E-state index contributed by atoms with van der Waals surface area (Å²) in [4.78, 5) is 13.8. The molecule has 1 amide bonds. The largest absolute Gasteiger partial charge is 0.497 e. The molecule has 23 heavy (non-hydrogen) atoms. The highest BCUT2D eigenvalue weighted by atomic mass is 19.1. The molecule has 0 aliphatic carbocycles. The number of amides is 1. The van der Waals surface area contributed by atoms with Crippen molar-refractivity contribution in [1.82, 2.24) is 4.90 Å². The van der Waals surface area contributed by atoms with Crippen molar-refractivity contribution < 1.29 is 18.7 Å². The summed E-state index contributed by atoms with van der Waals surface area (Å²) < 4.78 is 24.4. The third-order valence-electron chi connectivity index (χ3n) is 3.61. The van der Waals surface area contributed by atoms with E-state index in [9.17, 15) is 9.18 Å². The maximum Gasteiger partial charge on any atom is 0.410 e. The molecule has 0 aromatic heterocycles. The molecule has 1 fully saturated rings. The lowest BCUT2D eigenvalue weighted by Gasteiger charge is -2.34. The molecule has 1 aromatic carbocycles. The molecule has 5 nitrogen and oxygen atoms in total. The summed E-state index contributed by atoms with van der Waals surface area (Å²) >= 11 is 0. The van der Waals surface area contributed by atoms with Crippen LogP contribution in [0.2, 0.25) is 0 Å². The maximum atomic E-state index is 13.9. The molecule has 0 bridgehead atoms. The van der Waals surface area contributed by atoms with Crippen LogP contribution in [-0.4, -0.2) is 42.8 Å². The van der Waals surface area contributed by atoms with E-state index >= 15 is 0 Å². The highest BCUT2D eigenvalue weighted by molar-refractivity contribution is 5.68. The van der Waals surface area contributed by atoms with Crippen molar-refractivity contribution in [1.29, 1.82) is 0 Å². The number of piperidine rings is 1. The second kappa shape index (κ2) is 7.06. The van der Waals surface area contributed by atoms with Gasteiger partial charge in [-0.05, 0) is 45.7 Å². The summed E-state index contributed by atoms with van der Waals surface area (Å²) in [5, 5.41) is 3.17.